The highest BCUT2D eigenvalue weighted by atomic mass is 32.2. The molecule has 0 spiro atoms. The molecule has 1 N–H and O–H groups in total. The van der Waals surface area contributed by atoms with Crippen molar-refractivity contribution in [2.75, 3.05) is 36.5 Å². The molecule has 2 heterocycles. The van der Waals surface area contributed by atoms with Crippen molar-refractivity contribution in [2.45, 2.75) is 36.6 Å². The number of carbonyl (C=O) groups excluding carboxylic acids is 2. The molecule has 2 aliphatic rings. The molecule has 148 valence electrons. The van der Waals surface area contributed by atoms with Gasteiger partial charge in [0.05, 0.1) is 11.9 Å². The number of fused-ring (bicyclic) bond motifs is 1. The minimum absolute atomic E-state index is 0.0562. The molecule has 0 aliphatic carbocycles. The molecule has 1 atom stereocenters. The number of hydrogen-bond acceptors (Lipinski definition) is 5. The first-order valence-electron chi connectivity index (χ1n) is 9.11. The maximum atomic E-state index is 12.6. The minimum Gasteiger partial charge on any atom is -0.352 e. The Labute approximate surface area is 164 Å². The van der Waals surface area contributed by atoms with Crippen molar-refractivity contribution in [3.8, 4) is 0 Å². The number of sulfonamides is 1. The van der Waals surface area contributed by atoms with Crippen molar-refractivity contribution in [3.05, 3.63) is 24.3 Å². The smallest absolute Gasteiger partial charge is 0.227 e. The van der Waals surface area contributed by atoms with Gasteiger partial charge in [-0.2, -0.15) is 0 Å². The number of anilines is 1. The van der Waals surface area contributed by atoms with E-state index < -0.39 is 10.0 Å². The Morgan fingerprint density at radius 3 is 2.78 bits per heavy atom. The fraction of sp³-hybridized carbons (Fsp3) is 0.556. The van der Waals surface area contributed by atoms with Crippen molar-refractivity contribution < 1.29 is 18.0 Å². The molecule has 0 radical (unpaired) electrons. The molecule has 0 bridgehead atoms. The monoisotopic (exact) mass is 411 g/mol. The van der Waals surface area contributed by atoms with E-state index in [1.807, 2.05) is 24.3 Å². The van der Waals surface area contributed by atoms with Crippen LogP contribution in [0.2, 0.25) is 0 Å². The molecule has 2 amide bonds. The molecule has 9 heteroatoms. The van der Waals surface area contributed by atoms with Gasteiger partial charge in [0.15, 0.2) is 0 Å². The van der Waals surface area contributed by atoms with Gasteiger partial charge in [-0.15, -0.1) is 11.8 Å². The first-order chi connectivity index (χ1) is 12.8. The Hall–Kier alpha value is -1.58. The van der Waals surface area contributed by atoms with E-state index in [9.17, 15) is 18.0 Å². The molecule has 3 rings (SSSR count). The Balaban J connectivity index is 1.50. The molecule has 1 aromatic rings. The number of amides is 2. The SMILES string of the molecule is CS(=O)(=O)N1CCCC(NC(=O)CCC(=O)N2CCSc3ccccc32)C1. The van der Waals surface area contributed by atoms with Crippen molar-refractivity contribution in [1.82, 2.24) is 9.62 Å². The molecular weight excluding hydrogens is 386 g/mol. The lowest BCUT2D eigenvalue weighted by atomic mass is 10.1. The van der Waals surface area contributed by atoms with E-state index >= 15 is 0 Å². The third-order valence-corrected chi connectivity index (χ3v) is 7.13. The molecule has 0 aromatic heterocycles. The second kappa shape index (κ2) is 8.62. The third kappa shape index (κ3) is 5.24. The summed E-state index contributed by atoms with van der Waals surface area (Å²) in [6.45, 7) is 1.44. The summed E-state index contributed by atoms with van der Waals surface area (Å²) in [4.78, 5) is 27.7. The normalized spacial score (nSPS) is 20.8. The van der Waals surface area contributed by atoms with E-state index in [1.165, 1.54) is 10.6 Å². The van der Waals surface area contributed by atoms with E-state index in [4.69, 9.17) is 0 Å². The standard InChI is InChI=1S/C18H25N3O4S2/c1-27(24,25)20-10-4-5-14(13-20)19-17(22)8-9-18(23)21-11-12-26-16-7-3-2-6-15(16)21/h2-3,6-7,14H,4-5,8-13H2,1H3,(H,19,22). The number of hydrogen-bond donors (Lipinski definition) is 1. The van der Waals surface area contributed by atoms with Gasteiger partial charge in [0.25, 0.3) is 0 Å². The number of nitrogens with one attached hydrogen (secondary N) is 1. The highest BCUT2D eigenvalue weighted by Crippen LogP contribution is 2.34. The van der Waals surface area contributed by atoms with Gasteiger partial charge in [-0.1, -0.05) is 12.1 Å². The van der Waals surface area contributed by atoms with Crippen molar-refractivity contribution in [3.63, 3.8) is 0 Å². The van der Waals surface area contributed by atoms with Crippen LogP contribution in [-0.2, 0) is 19.6 Å². The lowest BCUT2D eigenvalue weighted by Gasteiger charge is -2.31. The Morgan fingerprint density at radius 2 is 2.00 bits per heavy atom. The number of rotatable bonds is 5. The van der Waals surface area contributed by atoms with Crippen LogP contribution >= 0.6 is 11.8 Å². The Morgan fingerprint density at radius 1 is 1.22 bits per heavy atom. The first-order valence-corrected chi connectivity index (χ1v) is 11.9. The van der Waals surface area contributed by atoms with Crippen LogP contribution in [0, 0.1) is 0 Å². The van der Waals surface area contributed by atoms with Gasteiger partial charge in [-0.3, -0.25) is 9.59 Å². The molecule has 1 saturated heterocycles. The average molecular weight is 412 g/mol. The van der Waals surface area contributed by atoms with Crippen molar-refractivity contribution in [2.24, 2.45) is 0 Å². The zero-order valence-corrected chi connectivity index (χ0v) is 17.0. The zero-order chi connectivity index (χ0) is 19.4. The van der Waals surface area contributed by atoms with Crippen molar-refractivity contribution in [1.29, 1.82) is 0 Å². The molecule has 1 unspecified atom stereocenters. The van der Waals surface area contributed by atoms with E-state index in [1.54, 1.807) is 16.7 Å². The van der Waals surface area contributed by atoms with E-state index in [-0.39, 0.29) is 30.7 Å². The summed E-state index contributed by atoms with van der Waals surface area (Å²) in [6, 6.07) is 7.61. The maximum Gasteiger partial charge on any atom is 0.227 e. The van der Waals surface area contributed by atoms with Gasteiger partial charge >= 0.3 is 0 Å². The number of thioether (sulfide) groups is 1. The second-order valence-electron chi connectivity index (χ2n) is 6.89. The van der Waals surface area contributed by atoms with Crippen molar-refractivity contribution >= 4 is 39.3 Å². The lowest BCUT2D eigenvalue weighted by molar-refractivity contribution is -0.125. The highest BCUT2D eigenvalue weighted by molar-refractivity contribution is 7.99. The third-order valence-electron chi connectivity index (χ3n) is 4.81. The van der Waals surface area contributed by atoms with Gasteiger partial charge < -0.3 is 10.2 Å². The summed E-state index contributed by atoms with van der Waals surface area (Å²) < 4.78 is 24.7. The fourth-order valence-corrected chi connectivity index (χ4v) is 5.35. The summed E-state index contributed by atoms with van der Waals surface area (Å²) in [5.74, 6) is 0.584. The summed E-state index contributed by atoms with van der Waals surface area (Å²) in [5, 5.41) is 2.88. The second-order valence-corrected chi connectivity index (χ2v) is 10.0. The maximum absolute atomic E-state index is 12.6. The quantitative estimate of drug-likeness (QED) is 0.792. The van der Waals surface area contributed by atoms with Gasteiger partial charge in [0.2, 0.25) is 21.8 Å². The number of para-hydroxylation sites is 1. The van der Waals surface area contributed by atoms with Crippen LogP contribution in [0.4, 0.5) is 5.69 Å². The minimum atomic E-state index is -3.24. The van der Waals surface area contributed by atoms with Crippen LogP contribution < -0.4 is 10.2 Å². The zero-order valence-electron chi connectivity index (χ0n) is 15.4. The summed E-state index contributed by atoms with van der Waals surface area (Å²) in [6.07, 6.45) is 2.92. The molecule has 1 aromatic carbocycles. The predicted octanol–water partition coefficient (Wildman–Crippen LogP) is 1.45. The molecule has 7 nitrogen and oxygen atoms in total. The molecule has 27 heavy (non-hydrogen) atoms. The predicted molar refractivity (Wildman–Crippen MR) is 106 cm³/mol. The van der Waals surface area contributed by atoms with Crippen LogP contribution in [0.25, 0.3) is 0 Å². The molecule has 1 fully saturated rings. The summed E-state index contributed by atoms with van der Waals surface area (Å²) >= 11 is 1.73. The van der Waals surface area contributed by atoms with Gasteiger partial charge in [0, 0.05) is 49.2 Å². The fourth-order valence-electron chi connectivity index (χ4n) is 3.45. The number of benzene rings is 1. The lowest BCUT2D eigenvalue weighted by Crippen LogP contribution is -2.49. The van der Waals surface area contributed by atoms with Crippen LogP contribution in [0.1, 0.15) is 25.7 Å². The van der Waals surface area contributed by atoms with E-state index in [0.29, 0.717) is 19.6 Å². The average Bonchev–Trinajstić information content (AvgIpc) is 2.65. The van der Waals surface area contributed by atoms with E-state index in [0.717, 1.165) is 29.2 Å². The van der Waals surface area contributed by atoms with Gasteiger partial charge in [-0.05, 0) is 25.0 Å². The van der Waals surface area contributed by atoms with Gasteiger partial charge in [-0.25, -0.2) is 12.7 Å². The number of nitrogens with zero attached hydrogens (tertiary/aromatic N) is 2. The van der Waals surface area contributed by atoms with E-state index in [2.05, 4.69) is 5.32 Å². The number of piperidine rings is 1. The topological polar surface area (TPSA) is 86.8 Å². The summed E-state index contributed by atoms with van der Waals surface area (Å²) in [5.41, 5.74) is 0.912. The van der Waals surface area contributed by atoms with Crippen LogP contribution in [0.5, 0.6) is 0 Å². The summed E-state index contributed by atoms with van der Waals surface area (Å²) in [7, 11) is -3.24. The molecule has 0 saturated carbocycles. The first kappa shape index (κ1) is 20.2. The Bertz CT molecular complexity index is 813. The van der Waals surface area contributed by atoms with Crippen LogP contribution in [0.3, 0.4) is 0 Å². The van der Waals surface area contributed by atoms with Crippen LogP contribution in [0.15, 0.2) is 29.2 Å². The van der Waals surface area contributed by atoms with Gasteiger partial charge in [0.1, 0.15) is 0 Å². The Kier molecular flexibility index (Phi) is 6.44. The largest absolute Gasteiger partial charge is 0.352 e. The molecular formula is C18H25N3O4S2. The number of carbonyl (C=O) groups is 2. The van der Waals surface area contributed by atoms with Crippen LogP contribution in [-0.4, -0.2) is 62.2 Å². The molecule has 2 aliphatic heterocycles. The highest BCUT2D eigenvalue weighted by Gasteiger charge is 2.27.